The molecular weight excluding hydrogens is 294 g/mol. The van der Waals surface area contributed by atoms with Crippen LogP contribution < -0.4 is 4.74 Å². The molecule has 0 aliphatic carbocycles. The standard InChI is InChI=1S/C15H18ClNO2S/c1-17(10-14-7-8-15(16)20-14)9-12(18)11-19-13-5-3-2-4-6-13/h2-8,12,18H,9-11H2,1H3. The molecule has 0 aliphatic heterocycles. The van der Waals surface area contributed by atoms with Crippen molar-refractivity contribution in [2.75, 3.05) is 20.2 Å². The van der Waals surface area contributed by atoms with Crippen molar-refractivity contribution in [3.63, 3.8) is 0 Å². The first-order chi connectivity index (χ1) is 9.63. The van der Waals surface area contributed by atoms with Crippen LogP contribution in [-0.2, 0) is 6.54 Å². The Morgan fingerprint density at radius 2 is 2.00 bits per heavy atom. The summed E-state index contributed by atoms with van der Waals surface area (Å²) in [5.74, 6) is 0.777. The quantitative estimate of drug-likeness (QED) is 0.852. The van der Waals surface area contributed by atoms with E-state index >= 15 is 0 Å². The van der Waals surface area contributed by atoms with E-state index in [2.05, 4.69) is 4.90 Å². The highest BCUT2D eigenvalue weighted by Gasteiger charge is 2.10. The Morgan fingerprint density at radius 3 is 2.65 bits per heavy atom. The lowest BCUT2D eigenvalue weighted by molar-refractivity contribution is 0.0746. The van der Waals surface area contributed by atoms with Crippen molar-refractivity contribution in [1.29, 1.82) is 0 Å². The molecule has 108 valence electrons. The summed E-state index contributed by atoms with van der Waals surface area (Å²) in [5.41, 5.74) is 0. The van der Waals surface area contributed by atoms with Gasteiger partial charge >= 0.3 is 0 Å². The minimum absolute atomic E-state index is 0.291. The number of ether oxygens (including phenoxy) is 1. The van der Waals surface area contributed by atoms with Crippen LogP contribution in [0.2, 0.25) is 4.34 Å². The minimum Gasteiger partial charge on any atom is -0.491 e. The smallest absolute Gasteiger partial charge is 0.119 e. The summed E-state index contributed by atoms with van der Waals surface area (Å²) < 4.78 is 6.32. The van der Waals surface area contributed by atoms with E-state index < -0.39 is 6.10 Å². The molecule has 0 saturated carbocycles. The average molecular weight is 312 g/mol. The number of hydrogen-bond donors (Lipinski definition) is 1. The second-order valence-electron chi connectivity index (χ2n) is 4.68. The Kier molecular flexibility index (Phi) is 5.86. The van der Waals surface area contributed by atoms with Gasteiger partial charge in [-0.05, 0) is 31.3 Å². The Labute approximate surface area is 128 Å². The summed E-state index contributed by atoms with van der Waals surface area (Å²) >= 11 is 7.46. The molecule has 1 N–H and O–H groups in total. The Morgan fingerprint density at radius 1 is 1.25 bits per heavy atom. The number of likely N-dealkylation sites (N-methyl/N-ethyl adjacent to an activating group) is 1. The van der Waals surface area contributed by atoms with Crippen LogP contribution >= 0.6 is 22.9 Å². The third kappa shape index (κ3) is 5.13. The minimum atomic E-state index is -0.518. The lowest BCUT2D eigenvalue weighted by atomic mass is 10.3. The summed E-state index contributed by atoms with van der Waals surface area (Å²) in [7, 11) is 1.97. The predicted octanol–water partition coefficient (Wildman–Crippen LogP) is 3.27. The molecule has 2 aromatic rings. The van der Waals surface area contributed by atoms with Crippen LogP contribution in [0.1, 0.15) is 4.88 Å². The Bertz CT molecular complexity index is 518. The fraction of sp³-hybridized carbons (Fsp3) is 0.333. The van der Waals surface area contributed by atoms with E-state index in [0.717, 1.165) is 16.6 Å². The molecule has 0 saturated heterocycles. The van der Waals surface area contributed by atoms with E-state index in [4.69, 9.17) is 16.3 Å². The zero-order valence-electron chi connectivity index (χ0n) is 11.3. The molecule has 1 aromatic carbocycles. The summed E-state index contributed by atoms with van der Waals surface area (Å²) in [6, 6.07) is 13.4. The largest absolute Gasteiger partial charge is 0.491 e. The SMILES string of the molecule is CN(Cc1ccc(Cl)s1)CC(O)COc1ccccc1. The summed E-state index contributed by atoms with van der Waals surface area (Å²) in [4.78, 5) is 3.25. The zero-order valence-corrected chi connectivity index (χ0v) is 12.9. The number of rotatable bonds is 7. The normalized spacial score (nSPS) is 12.6. The number of hydrogen-bond acceptors (Lipinski definition) is 4. The molecule has 1 aromatic heterocycles. The van der Waals surface area contributed by atoms with Gasteiger partial charge in [-0.25, -0.2) is 0 Å². The van der Waals surface area contributed by atoms with Gasteiger partial charge in [0.1, 0.15) is 18.5 Å². The van der Waals surface area contributed by atoms with E-state index in [1.54, 1.807) is 11.3 Å². The maximum Gasteiger partial charge on any atom is 0.119 e. The van der Waals surface area contributed by atoms with Gasteiger partial charge in [0.15, 0.2) is 0 Å². The van der Waals surface area contributed by atoms with E-state index in [1.165, 1.54) is 4.88 Å². The molecule has 0 bridgehead atoms. The number of aliphatic hydroxyl groups is 1. The molecule has 1 unspecified atom stereocenters. The molecular formula is C15H18ClNO2S. The molecule has 20 heavy (non-hydrogen) atoms. The summed E-state index contributed by atoms with van der Waals surface area (Å²) in [6.45, 7) is 1.63. The van der Waals surface area contributed by atoms with Gasteiger partial charge in [-0.2, -0.15) is 0 Å². The van der Waals surface area contributed by atoms with Crippen molar-refractivity contribution in [1.82, 2.24) is 4.90 Å². The van der Waals surface area contributed by atoms with Gasteiger partial charge in [0.2, 0.25) is 0 Å². The van der Waals surface area contributed by atoms with Crippen molar-refractivity contribution in [2.24, 2.45) is 0 Å². The predicted molar refractivity (Wildman–Crippen MR) is 83.6 cm³/mol. The van der Waals surface area contributed by atoms with E-state index in [9.17, 15) is 5.11 Å². The lowest BCUT2D eigenvalue weighted by Crippen LogP contribution is -2.32. The number of para-hydroxylation sites is 1. The van der Waals surface area contributed by atoms with Gasteiger partial charge in [-0.3, -0.25) is 4.90 Å². The van der Waals surface area contributed by atoms with Crippen LogP contribution in [0.5, 0.6) is 5.75 Å². The van der Waals surface area contributed by atoms with Crippen LogP contribution in [0.25, 0.3) is 0 Å². The highest BCUT2D eigenvalue weighted by Crippen LogP contribution is 2.22. The maximum atomic E-state index is 9.97. The molecule has 2 rings (SSSR count). The van der Waals surface area contributed by atoms with Gasteiger partial charge in [0, 0.05) is 18.0 Å². The van der Waals surface area contributed by atoms with Gasteiger partial charge < -0.3 is 9.84 Å². The van der Waals surface area contributed by atoms with Crippen molar-refractivity contribution in [2.45, 2.75) is 12.6 Å². The molecule has 0 amide bonds. The molecule has 1 heterocycles. The van der Waals surface area contributed by atoms with Gasteiger partial charge in [0.25, 0.3) is 0 Å². The van der Waals surface area contributed by atoms with E-state index in [-0.39, 0.29) is 0 Å². The third-order valence-electron chi connectivity index (χ3n) is 2.76. The Balaban J connectivity index is 1.72. The van der Waals surface area contributed by atoms with Gasteiger partial charge in [-0.15, -0.1) is 11.3 Å². The molecule has 0 fully saturated rings. The third-order valence-corrected chi connectivity index (χ3v) is 3.98. The first-order valence-electron chi connectivity index (χ1n) is 6.42. The summed E-state index contributed by atoms with van der Waals surface area (Å²) in [5, 5.41) is 9.97. The van der Waals surface area contributed by atoms with Gasteiger partial charge in [-0.1, -0.05) is 29.8 Å². The first-order valence-corrected chi connectivity index (χ1v) is 7.61. The van der Waals surface area contributed by atoms with Gasteiger partial charge in [0.05, 0.1) is 4.34 Å². The monoisotopic (exact) mass is 311 g/mol. The second-order valence-corrected chi connectivity index (χ2v) is 6.48. The lowest BCUT2D eigenvalue weighted by Gasteiger charge is -2.20. The number of benzene rings is 1. The fourth-order valence-electron chi connectivity index (χ4n) is 1.89. The van der Waals surface area contributed by atoms with Crippen molar-refractivity contribution in [3.8, 4) is 5.75 Å². The Hall–Kier alpha value is -1.07. The first kappa shape index (κ1) is 15.3. The van der Waals surface area contributed by atoms with Crippen LogP contribution in [0, 0.1) is 0 Å². The van der Waals surface area contributed by atoms with Crippen LogP contribution in [0.15, 0.2) is 42.5 Å². The highest BCUT2D eigenvalue weighted by atomic mass is 35.5. The highest BCUT2D eigenvalue weighted by molar-refractivity contribution is 7.16. The van der Waals surface area contributed by atoms with Crippen LogP contribution in [0.3, 0.4) is 0 Å². The van der Waals surface area contributed by atoms with E-state index in [0.29, 0.717) is 13.2 Å². The van der Waals surface area contributed by atoms with Crippen molar-refractivity contribution < 1.29 is 9.84 Å². The number of aliphatic hydroxyl groups excluding tert-OH is 1. The number of thiophene rings is 1. The molecule has 1 atom stereocenters. The number of halogens is 1. The van der Waals surface area contributed by atoms with Crippen molar-refractivity contribution in [3.05, 3.63) is 51.7 Å². The second kappa shape index (κ2) is 7.64. The molecule has 0 spiro atoms. The molecule has 0 radical (unpaired) electrons. The molecule has 0 aliphatic rings. The maximum absolute atomic E-state index is 9.97. The molecule has 3 nitrogen and oxygen atoms in total. The van der Waals surface area contributed by atoms with Crippen LogP contribution in [0.4, 0.5) is 0 Å². The van der Waals surface area contributed by atoms with Crippen LogP contribution in [-0.4, -0.2) is 36.3 Å². The average Bonchev–Trinajstić information content (AvgIpc) is 2.83. The summed E-state index contributed by atoms with van der Waals surface area (Å²) in [6.07, 6.45) is -0.518. The molecule has 5 heteroatoms. The van der Waals surface area contributed by atoms with Crippen molar-refractivity contribution >= 4 is 22.9 Å². The zero-order chi connectivity index (χ0) is 14.4. The topological polar surface area (TPSA) is 32.7 Å². The van der Waals surface area contributed by atoms with E-state index in [1.807, 2.05) is 49.5 Å². The number of nitrogens with zero attached hydrogens (tertiary/aromatic N) is 1. The fourth-order valence-corrected chi connectivity index (χ4v) is 3.06.